The lowest BCUT2D eigenvalue weighted by Crippen LogP contribution is -2.62. The van der Waals surface area contributed by atoms with E-state index in [-0.39, 0.29) is 0 Å². The van der Waals surface area contributed by atoms with Crippen LogP contribution in [-0.4, -0.2) is 61.9 Å². The van der Waals surface area contributed by atoms with Crippen LogP contribution in [0.5, 0.6) is 0 Å². The summed E-state index contributed by atoms with van der Waals surface area (Å²) in [5.74, 6) is 0. The van der Waals surface area contributed by atoms with Crippen LogP contribution < -0.4 is 10.6 Å². The fourth-order valence-corrected chi connectivity index (χ4v) is 3.38. The first kappa shape index (κ1) is 24.9. The minimum atomic E-state index is -1.71. The van der Waals surface area contributed by atoms with Crippen molar-refractivity contribution >= 4 is 75.6 Å². The number of rotatable bonds is 8. The van der Waals surface area contributed by atoms with Crippen molar-refractivity contribution in [2.45, 2.75) is 47.6 Å². The maximum atomic E-state index is 12.4. The Labute approximate surface area is 174 Å². The molecule has 0 rings (SSSR count). The Bertz CT molecular complexity index is 346. The maximum absolute atomic E-state index is 12.4. The summed E-state index contributed by atoms with van der Waals surface area (Å²) in [6.45, 7) is 9.91. The van der Waals surface area contributed by atoms with Crippen LogP contribution in [0, 0.1) is 0 Å². The number of alkyl halides is 6. The van der Waals surface area contributed by atoms with Gasteiger partial charge in [-0.3, -0.25) is 9.80 Å². The van der Waals surface area contributed by atoms with Crippen LogP contribution in [0.25, 0.3) is 0 Å². The number of hydrogen-bond acceptors (Lipinski definition) is 3. The summed E-state index contributed by atoms with van der Waals surface area (Å²) in [6, 6.07) is -0.596. The van der Waals surface area contributed by atoms with Crippen molar-refractivity contribution in [3.8, 4) is 0 Å². The minimum absolute atomic E-state index is 0.583. The molecule has 0 fully saturated rings. The summed E-state index contributed by atoms with van der Waals surface area (Å²) in [4.78, 5) is 16.0. The summed E-state index contributed by atoms with van der Waals surface area (Å²) >= 11 is 36.0. The smallest absolute Gasteiger partial charge is 0.317 e. The van der Waals surface area contributed by atoms with Crippen LogP contribution in [0.2, 0.25) is 0 Å². The Hall–Kier alpha value is 0.930. The Morgan fingerprint density at radius 2 is 1.00 bits per heavy atom. The summed E-state index contributed by atoms with van der Waals surface area (Å²) in [6.07, 6.45) is -1.66. The molecule has 0 saturated carbocycles. The van der Waals surface area contributed by atoms with Crippen molar-refractivity contribution in [2.24, 2.45) is 0 Å². The lowest BCUT2D eigenvalue weighted by Gasteiger charge is -2.38. The van der Waals surface area contributed by atoms with Gasteiger partial charge in [0, 0.05) is 0 Å². The topological polar surface area (TPSA) is 47.6 Å². The molecule has 2 N–H and O–H groups in total. The van der Waals surface area contributed by atoms with E-state index in [1.807, 2.05) is 27.7 Å². The quantitative estimate of drug-likeness (QED) is 0.414. The maximum Gasteiger partial charge on any atom is 0.317 e. The number of nitrogens with one attached hydrogen (secondary N) is 2. The molecule has 0 aromatic carbocycles. The number of carbonyl (C=O) groups excluding carboxylic acids is 1. The number of hydrogen-bond donors (Lipinski definition) is 2. The average Bonchev–Trinajstić information content (AvgIpc) is 2.45. The lowest BCUT2D eigenvalue weighted by molar-refractivity contribution is 0.156. The monoisotopic (exact) mass is 462 g/mol. The zero-order valence-electron chi connectivity index (χ0n) is 14.1. The molecule has 11 heteroatoms. The van der Waals surface area contributed by atoms with Gasteiger partial charge >= 0.3 is 6.03 Å². The highest BCUT2D eigenvalue weighted by atomic mass is 35.6. The zero-order chi connectivity index (χ0) is 19.1. The first-order chi connectivity index (χ1) is 10.9. The molecule has 0 radical (unpaired) electrons. The summed E-state index contributed by atoms with van der Waals surface area (Å²) in [5, 5.41) is 5.28. The number of amides is 2. The molecule has 2 atom stereocenters. The van der Waals surface area contributed by atoms with Gasteiger partial charge in [-0.05, 0) is 26.2 Å². The largest absolute Gasteiger partial charge is 0.318 e. The van der Waals surface area contributed by atoms with Gasteiger partial charge in [-0.25, -0.2) is 4.79 Å². The van der Waals surface area contributed by atoms with E-state index in [0.717, 1.165) is 0 Å². The number of urea groups is 1. The third kappa shape index (κ3) is 8.09. The van der Waals surface area contributed by atoms with Crippen molar-refractivity contribution in [3.63, 3.8) is 0 Å². The molecular weight excluding hydrogens is 441 g/mol. The molecule has 0 unspecified atom stereocenters. The standard InChI is InChI=1S/C13H24Cl6N4O/c1-5-22(6-2)9(12(14,15)16)20-11(24)21-10(13(17,18)19)23(7-3)8-4/h9-10H,5-8H2,1-4H3,(H2,20,21,24)/t9-,10+. The molecule has 5 nitrogen and oxygen atoms in total. The highest BCUT2D eigenvalue weighted by Gasteiger charge is 2.40. The Balaban J connectivity index is 5.22. The van der Waals surface area contributed by atoms with Crippen molar-refractivity contribution in [2.75, 3.05) is 26.2 Å². The van der Waals surface area contributed by atoms with Gasteiger partial charge in [0.15, 0.2) is 0 Å². The normalized spacial score (nSPS) is 15.5. The molecule has 0 bridgehead atoms. The second-order valence-corrected chi connectivity index (χ2v) is 9.69. The van der Waals surface area contributed by atoms with E-state index in [0.29, 0.717) is 26.2 Å². The van der Waals surface area contributed by atoms with Crippen LogP contribution in [-0.2, 0) is 0 Å². The molecule has 144 valence electrons. The third-order valence-electron chi connectivity index (χ3n) is 3.51. The van der Waals surface area contributed by atoms with Crippen molar-refractivity contribution in [3.05, 3.63) is 0 Å². The summed E-state index contributed by atoms with van der Waals surface area (Å²) < 4.78 is -3.43. The van der Waals surface area contributed by atoms with E-state index in [9.17, 15) is 4.79 Å². The molecule has 24 heavy (non-hydrogen) atoms. The van der Waals surface area contributed by atoms with Gasteiger partial charge in [0.05, 0.1) is 0 Å². The molecule has 0 aromatic rings. The molecule has 2 amide bonds. The van der Waals surface area contributed by atoms with Gasteiger partial charge in [-0.15, -0.1) is 0 Å². The fourth-order valence-electron chi connectivity index (χ4n) is 2.23. The van der Waals surface area contributed by atoms with Gasteiger partial charge in [-0.2, -0.15) is 0 Å². The van der Waals surface area contributed by atoms with Gasteiger partial charge in [-0.1, -0.05) is 97.3 Å². The van der Waals surface area contributed by atoms with Gasteiger partial charge < -0.3 is 10.6 Å². The van der Waals surface area contributed by atoms with Crippen molar-refractivity contribution in [1.82, 2.24) is 20.4 Å². The molecule has 0 aliphatic rings. The van der Waals surface area contributed by atoms with E-state index in [2.05, 4.69) is 10.6 Å². The SMILES string of the molecule is CCN(CC)[C@@H](NC(=O)N[C@@H](N(CC)CC)C(Cl)(Cl)Cl)C(Cl)(Cl)Cl. The number of nitrogens with zero attached hydrogens (tertiary/aromatic N) is 2. The molecule has 0 saturated heterocycles. The molecule has 0 aromatic heterocycles. The van der Waals surface area contributed by atoms with Crippen LogP contribution in [0.1, 0.15) is 27.7 Å². The first-order valence-corrected chi connectivity index (χ1v) is 9.87. The van der Waals surface area contributed by atoms with E-state index in [1.165, 1.54) is 0 Å². The second kappa shape index (κ2) is 10.9. The molecule has 0 heterocycles. The predicted octanol–water partition coefficient (Wildman–Crippen LogP) is 4.36. The first-order valence-electron chi connectivity index (χ1n) is 7.60. The fraction of sp³-hybridized carbons (Fsp3) is 0.923. The molecular formula is C13H24Cl6N4O. The van der Waals surface area contributed by atoms with E-state index < -0.39 is 25.9 Å². The van der Waals surface area contributed by atoms with Crippen LogP contribution in [0.15, 0.2) is 0 Å². The Kier molecular flexibility index (Phi) is 11.4. The van der Waals surface area contributed by atoms with E-state index >= 15 is 0 Å². The third-order valence-corrected chi connectivity index (χ3v) is 4.75. The van der Waals surface area contributed by atoms with Crippen molar-refractivity contribution < 1.29 is 4.79 Å². The lowest BCUT2D eigenvalue weighted by atomic mass is 10.4. The van der Waals surface area contributed by atoms with E-state index in [1.54, 1.807) is 9.80 Å². The summed E-state index contributed by atoms with van der Waals surface area (Å²) in [5.41, 5.74) is 0. The number of carbonyl (C=O) groups is 1. The van der Waals surface area contributed by atoms with Gasteiger partial charge in [0.1, 0.15) is 12.3 Å². The molecule has 0 aliphatic heterocycles. The van der Waals surface area contributed by atoms with Crippen LogP contribution >= 0.6 is 69.6 Å². The minimum Gasteiger partial charge on any atom is -0.318 e. The van der Waals surface area contributed by atoms with Crippen LogP contribution in [0.4, 0.5) is 4.79 Å². The second-order valence-electron chi connectivity index (χ2n) is 4.95. The van der Waals surface area contributed by atoms with Crippen LogP contribution in [0.3, 0.4) is 0 Å². The number of halogens is 6. The highest BCUT2D eigenvalue weighted by Crippen LogP contribution is 2.33. The van der Waals surface area contributed by atoms with Gasteiger partial charge in [0.2, 0.25) is 7.59 Å². The molecule has 0 spiro atoms. The zero-order valence-corrected chi connectivity index (χ0v) is 18.6. The predicted molar refractivity (Wildman–Crippen MR) is 106 cm³/mol. The van der Waals surface area contributed by atoms with Gasteiger partial charge in [0.25, 0.3) is 0 Å². The highest BCUT2D eigenvalue weighted by molar-refractivity contribution is 6.68. The summed E-state index contributed by atoms with van der Waals surface area (Å²) in [7, 11) is 0. The van der Waals surface area contributed by atoms with E-state index in [4.69, 9.17) is 69.6 Å². The Morgan fingerprint density at radius 1 is 0.750 bits per heavy atom. The van der Waals surface area contributed by atoms with Crippen molar-refractivity contribution in [1.29, 1.82) is 0 Å². The Morgan fingerprint density at radius 3 is 1.17 bits per heavy atom. The average molecular weight is 465 g/mol. The molecule has 0 aliphatic carbocycles.